The third kappa shape index (κ3) is 1.49. The molecule has 0 radical (unpaired) electrons. The molecule has 4 heteroatoms. The molecule has 0 unspecified atom stereocenters. The van der Waals surface area contributed by atoms with Crippen molar-refractivity contribution in [3.63, 3.8) is 0 Å². The lowest BCUT2D eigenvalue weighted by Gasteiger charge is -1.81. The topological polar surface area (TPSA) is 54.5 Å². The Morgan fingerprint density at radius 3 is 3.23 bits per heavy atom. The fourth-order valence-corrected chi connectivity index (χ4v) is 1.07. The van der Waals surface area contributed by atoms with E-state index in [2.05, 4.69) is 31.8 Å². The standard InChI is InChI=1S/C9H8N4/c1-2-3-4-8-12-7-5-10-6-11-9(7)13-8/h5-6H,4H2,1H3,(H,10,11,12,13). The van der Waals surface area contributed by atoms with E-state index < -0.39 is 0 Å². The predicted molar refractivity (Wildman–Crippen MR) is 48.8 cm³/mol. The number of nitrogens with zero attached hydrogens (tertiary/aromatic N) is 3. The van der Waals surface area contributed by atoms with Crippen molar-refractivity contribution in [1.82, 2.24) is 19.9 Å². The van der Waals surface area contributed by atoms with Crippen LogP contribution in [0.15, 0.2) is 12.5 Å². The van der Waals surface area contributed by atoms with Gasteiger partial charge in [-0.1, -0.05) is 5.92 Å². The summed E-state index contributed by atoms with van der Waals surface area (Å²) >= 11 is 0. The van der Waals surface area contributed by atoms with Gasteiger partial charge in [0.2, 0.25) is 0 Å². The highest BCUT2D eigenvalue weighted by Crippen LogP contribution is 2.05. The van der Waals surface area contributed by atoms with E-state index in [0.29, 0.717) is 12.1 Å². The van der Waals surface area contributed by atoms with Crippen LogP contribution in [0.3, 0.4) is 0 Å². The number of rotatable bonds is 1. The maximum Gasteiger partial charge on any atom is 0.180 e. The van der Waals surface area contributed by atoms with Gasteiger partial charge < -0.3 is 4.98 Å². The van der Waals surface area contributed by atoms with Crippen molar-refractivity contribution in [3.05, 3.63) is 18.3 Å². The predicted octanol–water partition coefficient (Wildman–Crippen LogP) is 0.919. The molecule has 64 valence electrons. The first-order chi connectivity index (χ1) is 6.40. The Kier molecular flexibility index (Phi) is 1.93. The fraction of sp³-hybridized carbons (Fsp3) is 0.222. The van der Waals surface area contributed by atoms with E-state index in [9.17, 15) is 0 Å². The van der Waals surface area contributed by atoms with Crippen molar-refractivity contribution in [2.75, 3.05) is 0 Å². The molecule has 4 nitrogen and oxygen atoms in total. The largest absolute Gasteiger partial charge is 0.339 e. The molecule has 0 spiro atoms. The average Bonchev–Trinajstić information content (AvgIpc) is 2.57. The molecule has 0 atom stereocenters. The van der Waals surface area contributed by atoms with Crippen LogP contribution in [0, 0.1) is 11.8 Å². The van der Waals surface area contributed by atoms with Crippen LogP contribution in [-0.4, -0.2) is 19.9 Å². The Bertz CT molecular complexity index is 442. The van der Waals surface area contributed by atoms with Gasteiger partial charge in [0.25, 0.3) is 0 Å². The maximum absolute atomic E-state index is 4.24. The van der Waals surface area contributed by atoms with E-state index in [4.69, 9.17) is 0 Å². The van der Waals surface area contributed by atoms with E-state index in [1.54, 1.807) is 6.20 Å². The number of fused-ring (bicyclic) bond motifs is 1. The van der Waals surface area contributed by atoms with Crippen LogP contribution in [0.25, 0.3) is 11.2 Å². The molecular formula is C9H8N4. The first-order valence-electron chi connectivity index (χ1n) is 3.94. The summed E-state index contributed by atoms with van der Waals surface area (Å²) in [5.41, 5.74) is 1.55. The number of imidazole rings is 1. The van der Waals surface area contributed by atoms with Crippen LogP contribution in [0.1, 0.15) is 12.7 Å². The van der Waals surface area contributed by atoms with Gasteiger partial charge in [-0.25, -0.2) is 15.0 Å². The van der Waals surface area contributed by atoms with Gasteiger partial charge in [0.05, 0.1) is 12.6 Å². The summed E-state index contributed by atoms with van der Waals surface area (Å²) in [7, 11) is 0. The van der Waals surface area contributed by atoms with E-state index in [0.717, 1.165) is 11.3 Å². The monoisotopic (exact) mass is 172 g/mol. The Hall–Kier alpha value is -1.89. The Morgan fingerprint density at radius 2 is 2.46 bits per heavy atom. The van der Waals surface area contributed by atoms with Gasteiger partial charge in [-0.3, -0.25) is 0 Å². The average molecular weight is 172 g/mol. The van der Waals surface area contributed by atoms with Gasteiger partial charge in [0.15, 0.2) is 5.65 Å². The van der Waals surface area contributed by atoms with Crippen LogP contribution >= 0.6 is 0 Å². The zero-order valence-corrected chi connectivity index (χ0v) is 7.20. The number of hydrogen-bond acceptors (Lipinski definition) is 3. The van der Waals surface area contributed by atoms with Crippen molar-refractivity contribution in [2.45, 2.75) is 13.3 Å². The zero-order chi connectivity index (χ0) is 9.10. The molecule has 0 saturated carbocycles. The summed E-state index contributed by atoms with van der Waals surface area (Å²) in [6, 6.07) is 0. The van der Waals surface area contributed by atoms with Gasteiger partial charge in [0, 0.05) is 0 Å². The molecule has 0 saturated heterocycles. The molecule has 0 fully saturated rings. The molecule has 0 aromatic carbocycles. The lowest BCUT2D eigenvalue weighted by atomic mass is 10.4. The molecule has 2 heterocycles. The van der Waals surface area contributed by atoms with Gasteiger partial charge in [-0.15, -0.1) is 5.92 Å². The quantitative estimate of drug-likeness (QED) is 0.651. The minimum atomic E-state index is 0.632. The minimum absolute atomic E-state index is 0.632. The second-order valence-electron chi connectivity index (χ2n) is 2.55. The van der Waals surface area contributed by atoms with E-state index >= 15 is 0 Å². The fourth-order valence-electron chi connectivity index (χ4n) is 1.07. The van der Waals surface area contributed by atoms with Gasteiger partial charge in [0.1, 0.15) is 17.7 Å². The normalized spacial score (nSPS) is 9.62. The Morgan fingerprint density at radius 1 is 1.54 bits per heavy atom. The summed E-state index contributed by atoms with van der Waals surface area (Å²) < 4.78 is 0. The number of aromatic amines is 1. The molecular weight excluding hydrogens is 164 g/mol. The Labute approximate surface area is 75.4 Å². The summed E-state index contributed by atoms with van der Waals surface area (Å²) in [6.07, 6.45) is 3.82. The van der Waals surface area contributed by atoms with E-state index in [-0.39, 0.29) is 0 Å². The highest BCUT2D eigenvalue weighted by Gasteiger charge is 2.00. The summed E-state index contributed by atoms with van der Waals surface area (Å²) in [6.45, 7) is 1.81. The third-order valence-electron chi connectivity index (χ3n) is 1.64. The van der Waals surface area contributed by atoms with Gasteiger partial charge >= 0.3 is 0 Å². The first kappa shape index (κ1) is 7.74. The van der Waals surface area contributed by atoms with Crippen molar-refractivity contribution >= 4 is 11.2 Å². The SMILES string of the molecule is CC#CCc1nc2ncncc2[nH]1. The highest BCUT2D eigenvalue weighted by atomic mass is 15.0. The van der Waals surface area contributed by atoms with Crippen molar-refractivity contribution in [1.29, 1.82) is 0 Å². The molecule has 0 aliphatic carbocycles. The third-order valence-corrected chi connectivity index (χ3v) is 1.64. The molecule has 13 heavy (non-hydrogen) atoms. The van der Waals surface area contributed by atoms with Crippen molar-refractivity contribution in [3.8, 4) is 11.8 Å². The number of aromatic nitrogens is 4. The highest BCUT2D eigenvalue weighted by molar-refractivity contribution is 5.68. The molecule has 2 aromatic rings. The van der Waals surface area contributed by atoms with E-state index in [1.807, 2.05) is 6.92 Å². The minimum Gasteiger partial charge on any atom is -0.339 e. The molecule has 0 aliphatic heterocycles. The van der Waals surface area contributed by atoms with Crippen LogP contribution in [0.2, 0.25) is 0 Å². The van der Waals surface area contributed by atoms with Crippen LogP contribution in [-0.2, 0) is 6.42 Å². The second-order valence-corrected chi connectivity index (χ2v) is 2.55. The molecule has 0 bridgehead atoms. The van der Waals surface area contributed by atoms with Gasteiger partial charge in [-0.2, -0.15) is 0 Å². The number of nitrogens with one attached hydrogen (secondary N) is 1. The van der Waals surface area contributed by atoms with Crippen LogP contribution in [0.4, 0.5) is 0 Å². The lowest BCUT2D eigenvalue weighted by Crippen LogP contribution is -1.82. The van der Waals surface area contributed by atoms with Crippen LogP contribution < -0.4 is 0 Å². The van der Waals surface area contributed by atoms with E-state index in [1.165, 1.54) is 6.33 Å². The second kappa shape index (κ2) is 3.23. The molecule has 0 amide bonds. The first-order valence-corrected chi connectivity index (χ1v) is 3.94. The van der Waals surface area contributed by atoms with Gasteiger partial charge in [-0.05, 0) is 6.92 Å². The van der Waals surface area contributed by atoms with Crippen LogP contribution in [0.5, 0.6) is 0 Å². The Balaban J connectivity index is 2.42. The molecule has 2 rings (SSSR count). The summed E-state index contributed by atoms with van der Waals surface area (Å²) in [5, 5.41) is 0. The number of H-pyrrole nitrogens is 1. The summed E-state index contributed by atoms with van der Waals surface area (Å²) in [5.74, 6) is 6.59. The zero-order valence-electron chi connectivity index (χ0n) is 7.20. The molecule has 2 aromatic heterocycles. The lowest BCUT2D eigenvalue weighted by molar-refractivity contribution is 1.09. The van der Waals surface area contributed by atoms with Crippen molar-refractivity contribution < 1.29 is 0 Å². The van der Waals surface area contributed by atoms with Crippen molar-refractivity contribution in [2.24, 2.45) is 0 Å². The maximum atomic E-state index is 4.24. The molecule has 0 aliphatic rings. The molecule has 1 N–H and O–H groups in total. The summed E-state index contributed by atoms with van der Waals surface area (Å²) in [4.78, 5) is 15.2. The smallest absolute Gasteiger partial charge is 0.180 e. The number of hydrogen-bond donors (Lipinski definition) is 1.